The molecule has 0 unspecified atom stereocenters. The summed E-state index contributed by atoms with van der Waals surface area (Å²) < 4.78 is 11.0. The maximum Gasteiger partial charge on any atom is 0.319 e. The van der Waals surface area contributed by atoms with Gasteiger partial charge in [0.1, 0.15) is 17.5 Å². The van der Waals surface area contributed by atoms with Gasteiger partial charge in [-0.05, 0) is 45.2 Å². The Kier molecular flexibility index (Phi) is 7.36. The van der Waals surface area contributed by atoms with Crippen molar-refractivity contribution in [3.8, 4) is 0 Å². The first kappa shape index (κ1) is 21.7. The number of urea groups is 1. The molecule has 0 saturated carbocycles. The van der Waals surface area contributed by atoms with Crippen molar-refractivity contribution < 1.29 is 24.0 Å². The number of nitrogens with one attached hydrogen (secondary N) is 3. The van der Waals surface area contributed by atoms with Crippen LogP contribution >= 0.6 is 0 Å². The van der Waals surface area contributed by atoms with E-state index in [0.717, 1.165) is 0 Å². The molecule has 0 aromatic carbocycles. The molecule has 0 spiro atoms. The van der Waals surface area contributed by atoms with Crippen LogP contribution < -0.4 is 16.0 Å². The molecule has 1 aliphatic heterocycles. The van der Waals surface area contributed by atoms with Crippen LogP contribution in [-0.4, -0.2) is 58.6 Å². The number of ether oxygens (including phenoxy) is 1. The van der Waals surface area contributed by atoms with E-state index in [1.807, 2.05) is 0 Å². The number of anilines is 1. The van der Waals surface area contributed by atoms with Crippen LogP contribution in [0.3, 0.4) is 0 Å². The van der Waals surface area contributed by atoms with Crippen LogP contribution in [0.15, 0.2) is 29.0 Å². The zero-order valence-electron chi connectivity index (χ0n) is 17.1. The molecule has 2 aromatic rings. The molecule has 30 heavy (non-hydrogen) atoms. The fraction of sp³-hybridized carbons (Fsp3) is 0.500. The number of aryl methyl sites for hydroxylation is 2. The number of aromatic nitrogens is 2. The summed E-state index contributed by atoms with van der Waals surface area (Å²) in [7, 11) is 0. The summed E-state index contributed by atoms with van der Waals surface area (Å²) in [6.45, 7) is 3.69. The van der Waals surface area contributed by atoms with E-state index in [-0.39, 0.29) is 30.7 Å². The van der Waals surface area contributed by atoms with Crippen molar-refractivity contribution in [3.63, 3.8) is 0 Å². The minimum atomic E-state index is -0.495. The number of hydrogen-bond acceptors (Lipinski definition) is 7. The fourth-order valence-corrected chi connectivity index (χ4v) is 3.43. The third-order valence-corrected chi connectivity index (χ3v) is 5.08. The van der Waals surface area contributed by atoms with E-state index in [0.29, 0.717) is 48.5 Å². The molecule has 10 heteroatoms. The number of hydrogen-bond donors (Lipinski definition) is 4. The lowest BCUT2D eigenvalue weighted by Crippen LogP contribution is -2.51. The zero-order valence-corrected chi connectivity index (χ0v) is 17.1. The van der Waals surface area contributed by atoms with Crippen molar-refractivity contribution in [2.45, 2.75) is 51.4 Å². The van der Waals surface area contributed by atoms with E-state index in [4.69, 9.17) is 9.26 Å². The maximum atomic E-state index is 12.3. The maximum absolute atomic E-state index is 12.3. The van der Waals surface area contributed by atoms with Gasteiger partial charge in [0.2, 0.25) is 0 Å². The summed E-state index contributed by atoms with van der Waals surface area (Å²) in [5.41, 5.74) is 1.69. The van der Waals surface area contributed by atoms with Crippen LogP contribution in [0.2, 0.25) is 0 Å². The monoisotopic (exact) mass is 417 g/mol. The van der Waals surface area contributed by atoms with E-state index in [1.54, 1.807) is 38.4 Å². The minimum Gasteiger partial charge on any atom is -0.394 e. The molecule has 1 saturated heterocycles. The highest BCUT2D eigenvalue weighted by Crippen LogP contribution is 2.22. The average Bonchev–Trinajstić information content (AvgIpc) is 3.07. The number of aliphatic hydroxyl groups is 1. The molecule has 3 rings (SSSR count). The molecule has 0 bridgehead atoms. The number of nitrogens with zero attached hydrogens (tertiary/aromatic N) is 2. The first-order valence-electron chi connectivity index (χ1n) is 9.93. The summed E-state index contributed by atoms with van der Waals surface area (Å²) in [5, 5.41) is 21.9. The lowest BCUT2D eigenvalue weighted by molar-refractivity contribution is -0.0892. The first-order valence-corrected chi connectivity index (χ1v) is 9.93. The van der Waals surface area contributed by atoms with E-state index in [2.05, 4.69) is 26.1 Å². The highest BCUT2D eigenvalue weighted by atomic mass is 16.5. The highest BCUT2D eigenvalue weighted by Gasteiger charge is 2.32. The van der Waals surface area contributed by atoms with Gasteiger partial charge >= 0.3 is 6.03 Å². The summed E-state index contributed by atoms with van der Waals surface area (Å²) in [4.78, 5) is 28.3. The molecule has 162 valence electrons. The van der Waals surface area contributed by atoms with Gasteiger partial charge in [0.05, 0.1) is 18.8 Å². The normalized spacial score (nSPS) is 21.1. The van der Waals surface area contributed by atoms with Crippen molar-refractivity contribution >= 4 is 17.6 Å². The van der Waals surface area contributed by atoms with Gasteiger partial charge in [-0.25, -0.2) is 4.79 Å². The molecule has 4 N–H and O–H groups in total. The lowest BCUT2D eigenvalue weighted by Gasteiger charge is -2.36. The van der Waals surface area contributed by atoms with Crippen LogP contribution in [0.25, 0.3) is 0 Å². The van der Waals surface area contributed by atoms with E-state index < -0.39 is 6.10 Å². The Balaban J connectivity index is 1.42. The van der Waals surface area contributed by atoms with Crippen molar-refractivity contribution in [1.82, 2.24) is 20.8 Å². The van der Waals surface area contributed by atoms with E-state index >= 15 is 0 Å². The second kappa shape index (κ2) is 10.2. The Bertz CT molecular complexity index is 837. The van der Waals surface area contributed by atoms with Gasteiger partial charge in [0.15, 0.2) is 5.76 Å². The summed E-state index contributed by atoms with van der Waals surface area (Å²) >= 11 is 0. The van der Waals surface area contributed by atoms with Gasteiger partial charge in [-0.3, -0.25) is 9.78 Å². The van der Waals surface area contributed by atoms with Crippen molar-refractivity contribution in [2.75, 3.05) is 18.5 Å². The summed E-state index contributed by atoms with van der Waals surface area (Å²) in [5.74, 6) is 0.324. The molecule has 2 aromatic heterocycles. The molecule has 1 fully saturated rings. The van der Waals surface area contributed by atoms with Gasteiger partial charge < -0.3 is 30.3 Å². The Morgan fingerprint density at radius 2 is 2.00 bits per heavy atom. The molecule has 0 radical (unpaired) electrons. The van der Waals surface area contributed by atoms with Crippen LogP contribution in [0.5, 0.6) is 0 Å². The van der Waals surface area contributed by atoms with Crippen molar-refractivity contribution in [1.29, 1.82) is 0 Å². The zero-order chi connectivity index (χ0) is 21.5. The van der Waals surface area contributed by atoms with Crippen LogP contribution in [0.4, 0.5) is 10.5 Å². The van der Waals surface area contributed by atoms with Gasteiger partial charge in [-0.2, -0.15) is 0 Å². The summed E-state index contributed by atoms with van der Waals surface area (Å²) in [6, 6.07) is 2.65. The SMILES string of the molecule is Cc1noc(C)c1NC(=O)NCC[C@H]1CC[C@H](NC(=O)c2ccncc2)[C@H](CO)O1. The average molecular weight is 417 g/mol. The van der Waals surface area contributed by atoms with Gasteiger partial charge in [0, 0.05) is 24.5 Å². The first-order chi connectivity index (χ1) is 14.5. The largest absolute Gasteiger partial charge is 0.394 e. The predicted octanol–water partition coefficient (Wildman–Crippen LogP) is 1.54. The lowest BCUT2D eigenvalue weighted by atomic mass is 9.97. The topological polar surface area (TPSA) is 139 Å². The minimum absolute atomic E-state index is 0.115. The van der Waals surface area contributed by atoms with Gasteiger partial charge in [0.25, 0.3) is 5.91 Å². The fourth-order valence-electron chi connectivity index (χ4n) is 3.43. The molecule has 10 nitrogen and oxygen atoms in total. The molecule has 1 aliphatic rings. The van der Waals surface area contributed by atoms with Crippen molar-refractivity contribution in [3.05, 3.63) is 41.5 Å². The quantitative estimate of drug-likeness (QED) is 0.536. The number of pyridine rings is 1. The van der Waals surface area contributed by atoms with Crippen molar-refractivity contribution in [2.24, 2.45) is 0 Å². The van der Waals surface area contributed by atoms with Crippen LogP contribution in [0.1, 0.15) is 41.1 Å². The van der Waals surface area contributed by atoms with Gasteiger partial charge in [-0.15, -0.1) is 0 Å². The third-order valence-electron chi connectivity index (χ3n) is 5.08. The molecule has 3 atom stereocenters. The molecule has 0 aliphatic carbocycles. The number of carbonyl (C=O) groups excluding carboxylic acids is 2. The smallest absolute Gasteiger partial charge is 0.319 e. The second-order valence-corrected chi connectivity index (χ2v) is 7.24. The number of rotatable bonds is 7. The highest BCUT2D eigenvalue weighted by molar-refractivity contribution is 5.94. The standard InChI is InChI=1S/C20H27N5O5/c1-12-18(13(2)30-25-12)24-20(28)22-10-7-15-3-4-16(17(11-26)29-15)23-19(27)14-5-8-21-9-6-14/h5-6,8-9,15-17,26H,3-4,7,10-11H2,1-2H3,(H,23,27)(H2,22,24,28)/t15-,16+,17+/m1/s1. The second-order valence-electron chi connectivity index (χ2n) is 7.24. The van der Waals surface area contributed by atoms with E-state index in [1.165, 1.54) is 0 Å². The number of carbonyl (C=O) groups is 2. The predicted molar refractivity (Wildman–Crippen MR) is 108 cm³/mol. The van der Waals surface area contributed by atoms with E-state index in [9.17, 15) is 14.7 Å². The third kappa shape index (κ3) is 5.55. The Morgan fingerprint density at radius 3 is 2.67 bits per heavy atom. The number of aliphatic hydroxyl groups excluding tert-OH is 1. The molecular formula is C20H27N5O5. The Morgan fingerprint density at radius 1 is 1.23 bits per heavy atom. The van der Waals surface area contributed by atoms with Gasteiger partial charge in [-0.1, -0.05) is 5.16 Å². The molecule has 3 heterocycles. The van der Waals surface area contributed by atoms with Crippen LogP contribution in [-0.2, 0) is 4.74 Å². The number of amides is 3. The summed E-state index contributed by atoms with van der Waals surface area (Å²) in [6.07, 6.45) is 4.49. The Hall–Kier alpha value is -2.98. The van der Waals surface area contributed by atoms with Crippen LogP contribution in [0, 0.1) is 13.8 Å². The molecular weight excluding hydrogens is 390 g/mol. The molecule has 3 amide bonds. The Labute approximate surface area is 174 Å².